The largest absolute Gasteiger partial charge is 0.466 e. The summed E-state index contributed by atoms with van der Waals surface area (Å²) in [5.41, 5.74) is 2.20. The third-order valence-electron chi connectivity index (χ3n) is 3.98. The Labute approximate surface area is 166 Å². The maximum Gasteiger partial charge on any atom is 0.310 e. The minimum atomic E-state index is -0.331. The van der Waals surface area contributed by atoms with Crippen LogP contribution >= 0.6 is 23.1 Å². The number of aromatic nitrogens is 1. The summed E-state index contributed by atoms with van der Waals surface area (Å²) in [6.07, 6.45) is 5.89. The topological polar surface area (TPSA) is 47.3 Å². The van der Waals surface area contributed by atoms with Crippen molar-refractivity contribution in [3.05, 3.63) is 76.9 Å². The number of ketones is 1. The average Bonchev–Trinajstić information content (AvgIpc) is 3.07. The number of nitrogens with zero attached hydrogens (tertiary/aromatic N) is 1. The molecule has 0 unspecified atom stereocenters. The second-order valence-electron chi connectivity index (χ2n) is 5.71. The molecule has 0 saturated carbocycles. The maximum absolute atomic E-state index is 13.2. The first-order valence-corrected chi connectivity index (χ1v) is 10.6. The fourth-order valence-corrected chi connectivity index (χ4v) is 4.82. The lowest BCUT2D eigenvalue weighted by atomic mass is 10.0. The lowest BCUT2D eigenvalue weighted by molar-refractivity contribution is -0.598. The molecule has 0 N–H and O–H groups in total. The molecule has 0 amide bonds. The molecule has 0 fully saturated rings. The molecule has 1 aromatic carbocycles. The molecule has 2 aromatic heterocycles. The fraction of sp³-hybridized carbons (Fsp3) is 0.190. The fourth-order valence-electron chi connectivity index (χ4n) is 2.81. The quantitative estimate of drug-likeness (QED) is 0.260. The zero-order valence-electron chi connectivity index (χ0n) is 15.2. The number of esters is 1. The van der Waals surface area contributed by atoms with Crippen LogP contribution in [0.15, 0.2) is 65.1 Å². The molecule has 3 rings (SSSR count). The second kappa shape index (κ2) is 8.97. The van der Waals surface area contributed by atoms with E-state index in [2.05, 4.69) is 0 Å². The summed E-state index contributed by atoms with van der Waals surface area (Å²) < 4.78 is 8.11. The van der Waals surface area contributed by atoms with E-state index in [-0.39, 0.29) is 18.2 Å². The Morgan fingerprint density at radius 1 is 1.07 bits per heavy atom. The highest BCUT2D eigenvalue weighted by Gasteiger charge is 2.30. The van der Waals surface area contributed by atoms with Gasteiger partial charge in [0.25, 0.3) is 0 Å². The van der Waals surface area contributed by atoms with E-state index in [1.165, 1.54) is 11.3 Å². The molecule has 4 nitrogen and oxygen atoms in total. The van der Waals surface area contributed by atoms with Crippen LogP contribution < -0.4 is 4.57 Å². The Bertz CT molecular complexity index is 937. The first-order chi connectivity index (χ1) is 13.2. The summed E-state index contributed by atoms with van der Waals surface area (Å²) >= 11 is 3.00. The van der Waals surface area contributed by atoms with E-state index in [0.717, 1.165) is 9.90 Å². The average molecular weight is 399 g/mol. The Hall–Kier alpha value is -2.44. The van der Waals surface area contributed by atoms with Gasteiger partial charge in [0.2, 0.25) is 11.5 Å². The van der Waals surface area contributed by atoms with E-state index < -0.39 is 0 Å². The van der Waals surface area contributed by atoms with Gasteiger partial charge in [-0.1, -0.05) is 36.4 Å². The number of thiophene rings is 1. The SMILES string of the molecule is CCOC(=O)Cc1c(C(=O)c2ccccc2)sc(SC)c1-[n+]1ccccc1. The molecule has 6 heteroatoms. The minimum absolute atomic E-state index is 0.0655. The molecule has 0 aliphatic heterocycles. The van der Waals surface area contributed by atoms with Gasteiger partial charge >= 0.3 is 5.97 Å². The zero-order chi connectivity index (χ0) is 19.2. The maximum atomic E-state index is 13.2. The molecular formula is C21H20NO3S2+. The molecule has 0 radical (unpaired) electrons. The van der Waals surface area contributed by atoms with Crippen molar-refractivity contribution in [2.45, 2.75) is 17.6 Å². The van der Waals surface area contributed by atoms with Crippen LogP contribution in [-0.4, -0.2) is 24.6 Å². The van der Waals surface area contributed by atoms with E-state index in [0.29, 0.717) is 22.6 Å². The number of ether oxygens (including phenoxy) is 1. The van der Waals surface area contributed by atoms with Crippen LogP contribution in [0.2, 0.25) is 0 Å². The Balaban J connectivity index is 2.16. The molecule has 0 saturated heterocycles. The van der Waals surface area contributed by atoms with Crippen molar-refractivity contribution in [1.29, 1.82) is 0 Å². The van der Waals surface area contributed by atoms with Crippen molar-refractivity contribution in [3.8, 4) is 5.69 Å². The van der Waals surface area contributed by atoms with Crippen LogP contribution in [-0.2, 0) is 16.0 Å². The molecule has 0 aliphatic rings. The molecule has 2 heterocycles. The lowest BCUT2D eigenvalue weighted by Crippen LogP contribution is -2.31. The summed E-state index contributed by atoms with van der Waals surface area (Å²) in [7, 11) is 0. The number of pyridine rings is 1. The number of carbonyl (C=O) groups is 2. The molecular weight excluding hydrogens is 378 g/mol. The number of thioether (sulfide) groups is 1. The van der Waals surface area contributed by atoms with Crippen molar-refractivity contribution < 1.29 is 18.9 Å². The molecule has 0 atom stereocenters. The van der Waals surface area contributed by atoms with Crippen LogP contribution in [0, 0.1) is 0 Å². The predicted molar refractivity (Wildman–Crippen MR) is 108 cm³/mol. The minimum Gasteiger partial charge on any atom is -0.466 e. The molecule has 0 aliphatic carbocycles. The molecule has 0 spiro atoms. The number of rotatable bonds is 7. The highest BCUT2D eigenvalue weighted by molar-refractivity contribution is 8.00. The van der Waals surface area contributed by atoms with E-state index in [9.17, 15) is 9.59 Å². The molecule has 0 bridgehead atoms. The standard InChI is InChI=1S/C21H20NO3S2/c1-3-25-17(23)14-16-18(22-12-8-5-9-13-22)21(26-2)27-20(16)19(24)15-10-6-4-7-11-15/h4-13H,3,14H2,1-2H3/q+1. The number of hydrogen-bond donors (Lipinski definition) is 0. The molecule has 3 aromatic rings. The summed E-state index contributed by atoms with van der Waals surface area (Å²) in [5.74, 6) is -0.402. The van der Waals surface area contributed by atoms with Crippen LogP contribution in [0.1, 0.15) is 27.7 Å². The summed E-state index contributed by atoms with van der Waals surface area (Å²) in [6.45, 7) is 2.09. The van der Waals surface area contributed by atoms with Gasteiger partial charge in [-0.25, -0.2) is 0 Å². The first-order valence-electron chi connectivity index (χ1n) is 8.57. The summed E-state index contributed by atoms with van der Waals surface area (Å²) in [4.78, 5) is 26.0. The van der Waals surface area contributed by atoms with Crippen molar-refractivity contribution in [1.82, 2.24) is 0 Å². The Morgan fingerprint density at radius 2 is 1.74 bits per heavy atom. The van der Waals surface area contributed by atoms with Gasteiger partial charge in [0.15, 0.2) is 12.4 Å². The Kier molecular flexibility index (Phi) is 6.42. The van der Waals surface area contributed by atoms with Crippen molar-refractivity contribution in [3.63, 3.8) is 0 Å². The zero-order valence-corrected chi connectivity index (χ0v) is 16.8. The molecule has 138 valence electrons. The van der Waals surface area contributed by atoms with Crippen molar-refractivity contribution >= 4 is 34.9 Å². The van der Waals surface area contributed by atoms with Gasteiger partial charge in [-0.15, -0.1) is 23.1 Å². The van der Waals surface area contributed by atoms with Crippen LogP contribution in [0.4, 0.5) is 0 Å². The van der Waals surface area contributed by atoms with Gasteiger partial charge in [0, 0.05) is 17.7 Å². The van der Waals surface area contributed by atoms with Gasteiger partial charge in [0.1, 0.15) is 4.21 Å². The Morgan fingerprint density at radius 3 is 2.37 bits per heavy atom. The second-order valence-corrected chi connectivity index (χ2v) is 7.81. The highest BCUT2D eigenvalue weighted by Crippen LogP contribution is 2.37. The third kappa shape index (κ3) is 4.28. The third-order valence-corrected chi connectivity index (χ3v) is 6.30. The monoisotopic (exact) mass is 398 g/mol. The van der Waals surface area contributed by atoms with Gasteiger partial charge in [-0.2, -0.15) is 4.57 Å². The number of benzene rings is 1. The predicted octanol–water partition coefficient (Wildman–Crippen LogP) is 4.08. The van der Waals surface area contributed by atoms with Gasteiger partial charge in [-0.05, 0) is 13.2 Å². The van der Waals surface area contributed by atoms with Gasteiger partial charge in [0.05, 0.1) is 23.5 Å². The van der Waals surface area contributed by atoms with E-state index in [4.69, 9.17) is 4.74 Å². The van der Waals surface area contributed by atoms with Gasteiger partial charge < -0.3 is 4.74 Å². The lowest BCUT2D eigenvalue weighted by Gasteiger charge is -2.05. The van der Waals surface area contributed by atoms with Crippen molar-refractivity contribution in [2.75, 3.05) is 12.9 Å². The van der Waals surface area contributed by atoms with E-state index in [1.54, 1.807) is 30.8 Å². The van der Waals surface area contributed by atoms with Crippen LogP contribution in [0.5, 0.6) is 0 Å². The summed E-state index contributed by atoms with van der Waals surface area (Å²) in [6, 6.07) is 14.9. The summed E-state index contributed by atoms with van der Waals surface area (Å²) in [5, 5.41) is 0. The normalized spacial score (nSPS) is 10.6. The van der Waals surface area contributed by atoms with Crippen molar-refractivity contribution in [2.24, 2.45) is 0 Å². The van der Waals surface area contributed by atoms with Gasteiger partial charge in [-0.3, -0.25) is 9.59 Å². The number of carbonyl (C=O) groups excluding carboxylic acids is 2. The first kappa shape index (κ1) is 19.3. The van der Waals surface area contributed by atoms with E-state index in [1.807, 2.05) is 59.6 Å². The van der Waals surface area contributed by atoms with Crippen LogP contribution in [0.3, 0.4) is 0 Å². The highest BCUT2D eigenvalue weighted by atomic mass is 32.2. The van der Waals surface area contributed by atoms with E-state index >= 15 is 0 Å². The number of hydrogen-bond acceptors (Lipinski definition) is 5. The smallest absolute Gasteiger partial charge is 0.310 e. The molecule has 27 heavy (non-hydrogen) atoms. The van der Waals surface area contributed by atoms with Crippen LogP contribution in [0.25, 0.3) is 5.69 Å².